The first kappa shape index (κ1) is 20.2. The molecule has 0 unspecified atom stereocenters. The first-order valence-corrected chi connectivity index (χ1v) is 11.6. The summed E-state index contributed by atoms with van der Waals surface area (Å²) in [5.74, 6) is 1.93. The highest BCUT2D eigenvalue weighted by molar-refractivity contribution is 5.77. The summed E-state index contributed by atoms with van der Waals surface area (Å²) in [6.07, 6.45) is 4.58. The number of aromatic nitrogens is 4. The number of hydrogen-bond donors (Lipinski definition) is 2. The molecule has 2 N–H and O–H groups in total. The lowest BCUT2D eigenvalue weighted by Crippen LogP contribution is -2.23. The molecular formula is C25H28N6O2. The largest absolute Gasteiger partial charge is 0.443 e. The molecule has 0 spiro atoms. The quantitative estimate of drug-likeness (QED) is 0.490. The zero-order valence-electron chi connectivity index (χ0n) is 19.2. The molecule has 6 rings (SSSR count). The highest BCUT2D eigenvalue weighted by Gasteiger charge is 2.32. The summed E-state index contributed by atoms with van der Waals surface area (Å²) in [7, 11) is 0. The van der Waals surface area contributed by atoms with Crippen LogP contribution in [-0.4, -0.2) is 25.9 Å². The molecule has 8 nitrogen and oxygen atoms in total. The maximum absolute atomic E-state index is 13.2. The van der Waals surface area contributed by atoms with E-state index >= 15 is 0 Å². The molecule has 0 atom stereocenters. The van der Waals surface area contributed by atoms with Crippen molar-refractivity contribution in [1.82, 2.24) is 24.6 Å². The summed E-state index contributed by atoms with van der Waals surface area (Å²) in [5, 5.41) is 7.22. The third-order valence-electron chi connectivity index (χ3n) is 6.40. The zero-order valence-corrected chi connectivity index (χ0v) is 19.2. The Morgan fingerprint density at radius 2 is 2.00 bits per heavy atom. The van der Waals surface area contributed by atoms with Crippen molar-refractivity contribution >= 4 is 22.7 Å². The van der Waals surface area contributed by atoms with Gasteiger partial charge in [-0.2, -0.15) is 9.67 Å². The van der Waals surface area contributed by atoms with Gasteiger partial charge in [-0.3, -0.25) is 4.79 Å². The summed E-state index contributed by atoms with van der Waals surface area (Å²) in [6, 6.07) is 10.4. The molecule has 1 aliphatic heterocycles. The Kier molecular flexibility index (Phi) is 4.48. The Labute approximate surface area is 191 Å². The van der Waals surface area contributed by atoms with E-state index in [9.17, 15) is 4.79 Å². The molecule has 2 aliphatic rings. The van der Waals surface area contributed by atoms with E-state index in [-0.39, 0.29) is 17.0 Å². The van der Waals surface area contributed by atoms with Crippen LogP contribution in [0.15, 0.2) is 45.7 Å². The predicted molar refractivity (Wildman–Crippen MR) is 127 cm³/mol. The SMILES string of the molecule is CC(C)(C)c1ccc(-n2c3nc(Nc4ccc5c(c4)CCNC5)ncc3c(=O)n2C2CC2)o1. The van der Waals surface area contributed by atoms with E-state index in [1.165, 1.54) is 11.1 Å². The van der Waals surface area contributed by atoms with Crippen molar-refractivity contribution in [1.29, 1.82) is 0 Å². The Morgan fingerprint density at radius 3 is 2.76 bits per heavy atom. The minimum atomic E-state index is -0.129. The van der Waals surface area contributed by atoms with Crippen molar-refractivity contribution in [3.8, 4) is 5.88 Å². The zero-order chi connectivity index (χ0) is 22.7. The standard InChI is InChI=1S/C25H28N6O2/c1-25(2,3)20-8-9-21(33-20)31-22-19(23(32)30(31)18-6-7-18)14-27-24(29-22)28-17-5-4-16-13-26-11-10-15(16)12-17/h4-5,8-9,12,14,18,26H,6-7,10-11,13H2,1-3H3,(H,27,28,29). The topological polar surface area (TPSA) is 89.9 Å². The molecule has 0 radical (unpaired) electrons. The van der Waals surface area contributed by atoms with Crippen molar-refractivity contribution in [2.75, 3.05) is 11.9 Å². The van der Waals surface area contributed by atoms with Gasteiger partial charge in [-0.1, -0.05) is 26.8 Å². The van der Waals surface area contributed by atoms with Crippen LogP contribution in [0.25, 0.3) is 16.9 Å². The van der Waals surface area contributed by atoms with Gasteiger partial charge in [0, 0.05) is 29.9 Å². The number of hydrogen-bond acceptors (Lipinski definition) is 6. The second-order valence-corrected chi connectivity index (χ2v) is 10.0. The fourth-order valence-corrected chi connectivity index (χ4v) is 4.45. The molecular weight excluding hydrogens is 416 g/mol. The summed E-state index contributed by atoms with van der Waals surface area (Å²) in [5.41, 5.74) is 3.96. The number of fused-ring (bicyclic) bond motifs is 2. The molecule has 0 amide bonds. The first-order valence-electron chi connectivity index (χ1n) is 11.6. The normalized spacial score (nSPS) is 16.2. The Hall–Kier alpha value is -3.39. The van der Waals surface area contributed by atoms with Crippen LogP contribution in [0.4, 0.5) is 11.6 Å². The van der Waals surface area contributed by atoms with Gasteiger partial charge in [0.2, 0.25) is 11.8 Å². The summed E-state index contributed by atoms with van der Waals surface area (Å²) in [6.45, 7) is 8.21. The van der Waals surface area contributed by atoms with Crippen LogP contribution in [0.3, 0.4) is 0 Å². The Balaban J connectivity index is 1.44. The van der Waals surface area contributed by atoms with Gasteiger partial charge in [-0.05, 0) is 55.1 Å². The molecule has 1 saturated carbocycles. The number of nitrogens with zero attached hydrogens (tertiary/aromatic N) is 4. The summed E-state index contributed by atoms with van der Waals surface area (Å²) >= 11 is 0. The van der Waals surface area contributed by atoms with Crippen molar-refractivity contribution in [2.24, 2.45) is 0 Å². The van der Waals surface area contributed by atoms with Crippen LogP contribution in [-0.2, 0) is 18.4 Å². The molecule has 8 heteroatoms. The predicted octanol–water partition coefficient (Wildman–Crippen LogP) is 4.20. The van der Waals surface area contributed by atoms with Gasteiger partial charge in [-0.25, -0.2) is 9.67 Å². The molecule has 4 aromatic rings. The van der Waals surface area contributed by atoms with Crippen LogP contribution in [0.2, 0.25) is 0 Å². The third-order valence-corrected chi connectivity index (χ3v) is 6.40. The molecule has 3 aromatic heterocycles. The van der Waals surface area contributed by atoms with Gasteiger partial charge in [0.05, 0.1) is 6.04 Å². The molecule has 4 heterocycles. The van der Waals surface area contributed by atoms with Crippen LogP contribution < -0.4 is 16.2 Å². The van der Waals surface area contributed by atoms with Crippen molar-refractivity contribution in [3.05, 3.63) is 63.8 Å². The van der Waals surface area contributed by atoms with Crippen LogP contribution >= 0.6 is 0 Å². The first-order chi connectivity index (χ1) is 15.9. The minimum absolute atomic E-state index is 0.0750. The number of anilines is 2. The minimum Gasteiger partial charge on any atom is -0.443 e. The highest BCUT2D eigenvalue weighted by Crippen LogP contribution is 2.36. The van der Waals surface area contributed by atoms with E-state index in [0.717, 1.165) is 43.8 Å². The van der Waals surface area contributed by atoms with Crippen molar-refractivity contribution in [2.45, 2.75) is 58.0 Å². The van der Waals surface area contributed by atoms with Gasteiger partial charge >= 0.3 is 0 Å². The average Bonchev–Trinajstić information content (AvgIpc) is 3.42. The van der Waals surface area contributed by atoms with Gasteiger partial charge in [0.1, 0.15) is 11.1 Å². The van der Waals surface area contributed by atoms with E-state index in [1.807, 2.05) is 22.9 Å². The third kappa shape index (κ3) is 3.54. The lowest BCUT2D eigenvalue weighted by atomic mass is 9.94. The lowest BCUT2D eigenvalue weighted by Gasteiger charge is -2.18. The van der Waals surface area contributed by atoms with E-state index in [4.69, 9.17) is 9.40 Å². The molecule has 0 saturated heterocycles. The number of benzene rings is 1. The van der Waals surface area contributed by atoms with Crippen LogP contribution in [0.1, 0.15) is 56.5 Å². The highest BCUT2D eigenvalue weighted by atomic mass is 16.4. The lowest BCUT2D eigenvalue weighted by molar-refractivity contribution is 0.383. The second-order valence-electron chi connectivity index (χ2n) is 10.0. The second kappa shape index (κ2) is 7.31. The van der Waals surface area contributed by atoms with Gasteiger partial charge in [0.15, 0.2) is 5.65 Å². The Morgan fingerprint density at radius 1 is 1.15 bits per heavy atom. The number of nitrogens with one attached hydrogen (secondary N) is 2. The number of rotatable bonds is 4. The van der Waals surface area contributed by atoms with Gasteiger partial charge < -0.3 is 15.1 Å². The fourth-order valence-electron chi connectivity index (χ4n) is 4.45. The molecule has 33 heavy (non-hydrogen) atoms. The number of furan rings is 1. The van der Waals surface area contributed by atoms with Gasteiger partial charge in [0.25, 0.3) is 5.56 Å². The monoisotopic (exact) mass is 444 g/mol. The van der Waals surface area contributed by atoms with Crippen LogP contribution in [0.5, 0.6) is 0 Å². The van der Waals surface area contributed by atoms with E-state index in [0.29, 0.717) is 22.9 Å². The Bertz CT molecular complexity index is 1420. The van der Waals surface area contributed by atoms with Crippen LogP contribution in [0, 0.1) is 0 Å². The summed E-state index contributed by atoms with van der Waals surface area (Å²) < 4.78 is 9.82. The average molecular weight is 445 g/mol. The molecule has 1 aromatic carbocycles. The van der Waals surface area contributed by atoms with Crippen molar-refractivity contribution in [3.63, 3.8) is 0 Å². The maximum atomic E-state index is 13.2. The molecule has 170 valence electrons. The van der Waals surface area contributed by atoms with Gasteiger partial charge in [-0.15, -0.1) is 0 Å². The fraction of sp³-hybridized carbons (Fsp3) is 0.400. The van der Waals surface area contributed by atoms with E-state index in [1.54, 1.807) is 10.9 Å². The van der Waals surface area contributed by atoms with E-state index < -0.39 is 0 Å². The van der Waals surface area contributed by atoms with E-state index in [2.05, 4.69) is 48.5 Å². The molecule has 1 fully saturated rings. The van der Waals surface area contributed by atoms with Crippen molar-refractivity contribution < 1.29 is 4.42 Å². The molecule has 1 aliphatic carbocycles. The molecule has 0 bridgehead atoms. The summed E-state index contributed by atoms with van der Waals surface area (Å²) in [4.78, 5) is 22.5. The smallest absolute Gasteiger partial charge is 0.278 e. The maximum Gasteiger partial charge on any atom is 0.278 e.